The summed E-state index contributed by atoms with van der Waals surface area (Å²) in [5.41, 5.74) is 0. The van der Waals surface area contributed by atoms with E-state index in [0.717, 1.165) is 14.1 Å². The van der Waals surface area contributed by atoms with Gasteiger partial charge in [0.1, 0.15) is 0 Å². The van der Waals surface area contributed by atoms with E-state index in [1.54, 1.807) is 0 Å². The van der Waals surface area contributed by atoms with Crippen LogP contribution in [0, 0.1) is 0 Å². The van der Waals surface area contributed by atoms with E-state index in [1.807, 2.05) is 0 Å². The normalized spacial score (nSPS) is 16.6. The molecule has 0 bridgehead atoms. The second-order valence-corrected chi connectivity index (χ2v) is 15.5. The lowest BCUT2D eigenvalue weighted by Crippen LogP contribution is -2.78. The molecule has 55 heavy (non-hydrogen) atoms. The van der Waals surface area contributed by atoms with Gasteiger partial charge in [0, 0.05) is 32.2 Å². The summed E-state index contributed by atoms with van der Waals surface area (Å²) < 4.78 is 396. The van der Waals surface area contributed by atoms with Crippen molar-refractivity contribution in [2.45, 2.75) is 83.5 Å². The number of quaternary nitrogens is 1. The smallest absolute Gasteiger partial charge is 0.460 e. The zero-order valence-electron chi connectivity index (χ0n) is 26.4. The molecule has 0 N–H and O–H groups in total. The second kappa shape index (κ2) is 14.4. The highest BCUT2D eigenvalue weighted by Gasteiger charge is 3.00. The summed E-state index contributed by atoms with van der Waals surface area (Å²) >= 11 is 0. The van der Waals surface area contributed by atoms with Gasteiger partial charge >= 0.3 is 70.7 Å². The average Bonchev–Trinajstić information content (AvgIpc) is 2.94. The van der Waals surface area contributed by atoms with E-state index < -0.39 is 131 Å². The molecule has 0 aliphatic rings. The van der Waals surface area contributed by atoms with E-state index >= 15 is 0 Å². The third-order valence-electron chi connectivity index (χ3n) is 7.40. The summed E-state index contributed by atoms with van der Waals surface area (Å²) in [4.78, 5) is 0. The largest absolute Gasteiger partial charge is 0.748 e. The van der Waals surface area contributed by atoms with E-state index in [2.05, 4.69) is 0 Å². The van der Waals surface area contributed by atoms with Crippen LogP contribution in [0.4, 0.5) is 110 Å². The van der Waals surface area contributed by atoms with Crippen LogP contribution < -0.4 is 0 Å². The Labute approximate surface area is 290 Å². The zero-order valence-corrected chi connectivity index (χ0v) is 28.1. The molecular weight excluding hydrogens is 899 g/mol. The van der Waals surface area contributed by atoms with Crippen molar-refractivity contribution in [3.8, 4) is 0 Å². The molecule has 0 aliphatic heterocycles. The molecule has 0 unspecified atom stereocenters. The number of nitrogens with zero attached hydrogens (tertiary/aromatic N) is 2. The van der Waals surface area contributed by atoms with Gasteiger partial charge in [-0.3, -0.25) is 0 Å². The minimum Gasteiger partial charge on any atom is -0.748 e. The molecule has 0 aromatic rings. The number of sulfonamides is 1. The van der Waals surface area contributed by atoms with Crippen molar-refractivity contribution in [1.82, 2.24) is 4.31 Å². The molecule has 0 spiro atoms. The zero-order chi connectivity index (χ0) is 45.3. The van der Waals surface area contributed by atoms with Gasteiger partial charge in [-0.1, -0.05) is 0 Å². The van der Waals surface area contributed by atoms with Gasteiger partial charge < -0.3 is 9.04 Å². The highest BCUT2D eigenvalue weighted by atomic mass is 32.2. The molecule has 7 nitrogen and oxygen atoms in total. The number of rotatable bonds is 20. The van der Waals surface area contributed by atoms with Gasteiger partial charge in [-0.15, -0.1) is 0 Å². The van der Waals surface area contributed by atoms with Crippen LogP contribution in [0.3, 0.4) is 0 Å². The van der Waals surface area contributed by atoms with Crippen molar-refractivity contribution in [1.29, 1.82) is 0 Å². The molecule has 0 amide bonds. The minimum absolute atomic E-state index is 0.261. The molecule has 0 saturated heterocycles. The molecule has 0 rings (SSSR count). The molecular formula is C21H21F25N2O5S2. The van der Waals surface area contributed by atoms with Gasteiger partial charge in [0.25, 0.3) is 10.0 Å². The quantitative estimate of drug-likeness (QED) is 0.0735. The summed E-state index contributed by atoms with van der Waals surface area (Å²) in [6.45, 7) is -2.45. The lowest BCUT2D eigenvalue weighted by atomic mass is 9.85. The standard InChI is InChI=1S/C21H21F25N2O5S2/c1-47(6-4-7-48(2,3)8-5-9-54(49,50)51)55(52,53)21(45,46)19(40,41)17(36,37)15(32,33)13(28,29)11(24,25)10(22,23)12(26,27)14(30,31)16(34,35)18(38,39)20(42,43)44/h4-9H2,1-3H3. The van der Waals surface area contributed by atoms with E-state index in [0.29, 0.717) is 0 Å². The number of hydrogen-bond donors (Lipinski definition) is 0. The summed E-state index contributed by atoms with van der Waals surface area (Å²) in [5, 5.41) is -8.01. The summed E-state index contributed by atoms with van der Waals surface area (Å²) in [5.74, 6) is -95.1. The first-order chi connectivity index (χ1) is 23.3. The summed E-state index contributed by atoms with van der Waals surface area (Å²) in [7, 11) is -10.5. The average molecular weight is 920 g/mol. The Bertz CT molecular complexity index is 1590. The number of hydrogen-bond acceptors (Lipinski definition) is 5. The molecule has 0 radical (unpaired) electrons. The Morgan fingerprint density at radius 2 is 0.709 bits per heavy atom. The SMILES string of the molecule is CN(CCC[N+](C)(C)CCCS(=O)(=O)[O-])S(=O)(=O)C(F)(F)C(F)(F)C(F)(F)C(F)(F)C(F)(F)C(F)(F)C(F)(F)C(F)(F)C(F)(F)C(F)(F)C(F)(F)C(F)(F)F. The Morgan fingerprint density at radius 1 is 0.455 bits per heavy atom. The first-order valence-corrected chi connectivity index (χ1v) is 16.3. The van der Waals surface area contributed by atoms with Crippen LogP contribution in [0.2, 0.25) is 0 Å². The molecule has 0 heterocycles. The topological polar surface area (TPSA) is 94.6 Å². The van der Waals surface area contributed by atoms with Gasteiger partial charge in [-0.05, 0) is 0 Å². The predicted octanol–water partition coefficient (Wildman–Crippen LogP) is 7.16. The molecule has 0 aromatic heterocycles. The Morgan fingerprint density at radius 3 is 0.982 bits per heavy atom. The third-order valence-corrected chi connectivity index (χ3v) is 10.1. The lowest BCUT2D eigenvalue weighted by Gasteiger charge is -2.45. The van der Waals surface area contributed by atoms with Crippen LogP contribution in [-0.4, -0.2) is 147 Å². The fourth-order valence-corrected chi connectivity index (χ4v) is 5.61. The van der Waals surface area contributed by atoms with Crippen LogP contribution in [0.1, 0.15) is 12.8 Å². The second-order valence-electron chi connectivity index (χ2n) is 11.9. The Balaban J connectivity index is 7.00. The maximum atomic E-state index is 14.5. The highest BCUT2D eigenvalue weighted by Crippen LogP contribution is 2.68. The van der Waals surface area contributed by atoms with Crippen LogP contribution in [0.15, 0.2) is 0 Å². The van der Waals surface area contributed by atoms with Crippen molar-refractivity contribution in [3.63, 3.8) is 0 Å². The van der Waals surface area contributed by atoms with Crippen molar-refractivity contribution in [2.75, 3.05) is 46.5 Å². The van der Waals surface area contributed by atoms with Crippen molar-refractivity contribution in [2.24, 2.45) is 0 Å². The summed E-state index contributed by atoms with van der Waals surface area (Å²) in [6.07, 6.45) is -9.58. The maximum absolute atomic E-state index is 14.5. The van der Waals surface area contributed by atoms with E-state index in [-0.39, 0.29) is 13.6 Å². The molecule has 34 heteroatoms. The van der Waals surface area contributed by atoms with E-state index in [9.17, 15) is 131 Å². The van der Waals surface area contributed by atoms with Crippen LogP contribution >= 0.6 is 0 Å². The number of alkyl halides is 25. The van der Waals surface area contributed by atoms with Crippen LogP contribution in [0.5, 0.6) is 0 Å². The fourth-order valence-electron chi connectivity index (χ4n) is 3.92. The first-order valence-electron chi connectivity index (χ1n) is 13.3. The van der Waals surface area contributed by atoms with Gasteiger partial charge in [-0.2, -0.15) is 114 Å². The monoisotopic (exact) mass is 920 g/mol. The first kappa shape index (κ1) is 53.0. The van der Waals surface area contributed by atoms with Gasteiger partial charge in [-0.25, -0.2) is 16.8 Å². The molecule has 332 valence electrons. The number of halogens is 25. The maximum Gasteiger partial charge on any atom is 0.460 e. The van der Waals surface area contributed by atoms with Crippen LogP contribution in [0.25, 0.3) is 0 Å². The molecule has 0 aromatic carbocycles. The third kappa shape index (κ3) is 8.07. The van der Waals surface area contributed by atoms with Crippen LogP contribution in [-0.2, 0) is 20.1 Å². The van der Waals surface area contributed by atoms with E-state index in [4.69, 9.17) is 0 Å². The van der Waals surface area contributed by atoms with Gasteiger partial charge in [0.2, 0.25) is 0 Å². The fraction of sp³-hybridized carbons (Fsp3) is 1.00. The molecule has 0 atom stereocenters. The molecule has 0 saturated carbocycles. The minimum atomic E-state index is -9.78. The Kier molecular flexibility index (Phi) is 13.9. The van der Waals surface area contributed by atoms with Gasteiger partial charge in [0.05, 0.1) is 37.3 Å². The van der Waals surface area contributed by atoms with Crippen molar-refractivity contribution >= 4 is 20.1 Å². The van der Waals surface area contributed by atoms with E-state index in [1.165, 1.54) is 0 Å². The summed E-state index contributed by atoms with van der Waals surface area (Å²) in [6, 6.07) is 0. The molecule has 0 fully saturated rings. The Hall–Kier alpha value is -1.97. The predicted molar refractivity (Wildman–Crippen MR) is 128 cm³/mol. The van der Waals surface area contributed by atoms with Gasteiger partial charge in [0.15, 0.2) is 0 Å². The van der Waals surface area contributed by atoms with Crippen molar-refractivity contribution < 1.29 is 136 Å². The lowest BCUT2D eigenvalue weighted by molar-refractivity contribution is -0.890. The highest BCUT2D eigenvalue weighted by molar-refractivity contribution is 7.90. The molecule has 0 aliphatic carbocycles. The van der Waals surface area contributed by atoms with Crippen molar-refractivity contribution in [3.05, 3.63) is 0 Å².